The SMILES string of the molecule is O=C(COc1ccc2ccc(=O)oc2c1)NCc1cccc(NC(=O)Cn2cccn2)c1. The summed E-state index contributed by atoms with van der Waals surface area (Å²) in [7, 11) is 0. The van der Waals surface area contributed by atoms with Crippen LogP contribution < -0.4 is 21.0 Å². The molecule has 9 heteroatoms. The first-order valence-electron chi connectivity index (χ1n) is 9.85. The van der Waals surface area contributed by atoms with Crippen molar-refractivity contribution < 1.29 is 18.7 Å². The maximum Gasteiger partial charge on any atom is 0.336 e. The number of anilines is 1. The number of carbonyl (C=O) groups excluding carboxylic acids is 2. The van der Waals surface area contributed by atoms with Crippen LogP contribution in [0.1, 0.15) is 5.56 Å². The lowest BCUT2D eigenvalue weighted by atomic mass is 10.2. The molecule has 0 fully saturated rings. The molecular formula is C23H20N4O5. The lowest BCUT2D eigenvalue weighted by molar-refractivity contribution is -0.123. The second kappa shape index (κ2) is 9.61. The van der Waals surface area contributed by atoms with Crippen LogP contribution in [-0.2, 0) is 22.7 Å². The van der Waals surface area contributed by atoms with E-state index in [1.807, 2.05) is 6.07 Å². The van der Waals surface area contributed by atoms with Crippen molar-refractivity contribution >= 4 is 28.5 Å². The average Bonchev–Trinajstić information content (AvgIpc) is 3.29. The molecule has 2 N–H and O–H groups in total. The summed E-state index contributed by atoms with van der Waals surface area (Å²) in [6.45, 7) is 0.198. The van der Waals surface area contributed by atoms with E-state index in [0.29, 0.717) is 17.0 Å². The molecule has 2 aromatic heterocycles. The minimum atomic E-state index is -0.452. The maximum absolute atomic E-state index is 12.2. The van der Waals surface area contributed by atoms with Crippen LogP contribution in [0, 0.1) is 0 Å². The quantitative estimate of drug-likeness (QED) is 0.413. The third-order valence-corrected chi connectivity index (χ3v) is 4.53. The van der Waals surface area contributed by atoms with Crippen LogP contribution >= 0.6 is 0 Å². The van der Waals surface area contributed by atoms with Crippen LogP contribution in [0.5, 0.6) is 5.75 Å². The Morgan fingerprint density at radius 3 is 2.75 bits per heavy atom. The zero-order valence-corrected chi connectivity index (χ0v) is 17.0. The largest absolute Gasteiger partial charge is 0.484 e. The van der Waals surface area contributed by atoms with Crippen molar-refractivity contribution in [3.63, 3.8) is 0 Å². The number of carbonyl (C=O) groups is 2. The summed E-state index contributed by atoms with van der Waals surface area (Å²) < 4.78 is 12.1. The molecule has 0 saturated carbocycles. The molecule has 0 aliphatic carbocycles. The molecule has 0 aliphatic rings. The predicted octanol–water partition coefficient (Wildman–Crippen LogP) is 2.32. The van der Waals surface area contributed by atoms with Crippen molar-refractivity contribution in [3.8, 4) is 5.75 Å². The smallest absolute Gasteiger partial charge is 0.336 e. The van der Waals surface area contributed by atoms with Crippen LogP contribution in [0.15, 0.2) is 82.3 Å². The Labute approximate surface area is 182 Å². The van der Waals surface area contributed by atoms with Gasteiger partial charge in [0.25, 0.3) is 5.91 Å². The minimum Gasteiger partial charge on any atom is -0.484 e. The zero-order valence-electron chi connectivity index (χ0n) is 17.0. The first kappa shape index (κ1) is 20.9. The van der Waals surface area contributed by atoms with E-state index in [0.717, 1.165) is 10.9 Å². The van der Waals surface area contributed by atoms with E-state index in [4.69, 9.17) is 9.15 Å². The molecule has 2 aromatic carbocycles. The number of nitrogens with zero attached hydrogens (tertiary/aromatic N) is 2. The van der Waals surface area contributed by atoms with E-state index < -0.39 is 5.63 Å². The minimum absolute atomic E-state index is 0.115. The zero-order chi connectivity index (χ0) is 22.3. The van der Waals surface area contributed by atoms with Crippen LogP contribution in [0.25, 0.3) is 11.0 Å². The van der Waals surface area contributed by atoms with Crippen molar-refractivity contribution in [3.05, 3.63) is 89.0 Å². The Morgan fingerprint density at radius 1 is 1.03 bits per heavy atom. The number of aromatic nitrogens is 2. The van der Waals surface area contributed by atoms with Gasteiger partial charge in [-0.15, -0.1) is 0 Å². The van der Waals surface area contributed by atoms with E-state index in [9.17, 15) is 14.4 Å². The molecule has 32 heavy (non-hydrogen) atoms. The standard InChI is InChI=1S/C23H20N4O5/c28-21(14-27-10-2-9-25-27)26-18-4-1-3-16(11-18)13-24-22(29)15-31-19-7-5-17-6-8-23(30)32-20(17)12-19/h1-12H,13-15H2,(H,24,29)(H,26,28). The molecule has 4 rings (SSSR count). The normalized spacial score (nSPS) is 10.6. The molecule has 0 aliphatic heterocycles. The van der Waals surface area contributed by atoms with Crippen molar-refractivity contribution in [2.24, 2.45) is 0 Å². The molecule has 0 bridgehead atoms. The van der Waals surface area contributed by atoms with Gasteiger partial charge in [0.05, 0.1) is 0 Å². The second-order valence-corrected chi connectivity index (χ2v) is 6.97. The van der Waals surface area contributed by atoms with Gasteiger partial charge in [0.1, 0.15) is 17.9 Å². The summed E-state index contributed by atoms with van der Waals surface area (Å²) >= 11 is 0. The summed E-state index contributed by atoms with van der Waals surface area (Å²) in [6, 6.07) is 17.0. The van der Waals surface area contributed by atoms with Crippen LogP contribution in [0.4, 0.5) is 5.69 Å². The number of ether oxygens (including phenoxy) is 1. The number of rotatable bonds is 8. The van der Waals surface area contributed by atoms with E-state index >= 15 is 0 Å². The average molecular weight is 432 g/mol. The number of hydrogen-bond donors (Lipinski definition) is 2. The van der Waals surface area contributed by atoms with Crippen LogP contribution in [0.2, 0.25) is 0 Å². The summed E-state index contributed by atoms with van der Waals surface area (Å²) in [4.78, 5) is 35.6. The highest BCUT2D eigenvalue weighted by molar-refractivity contribution is 5.90. The van der Waals surface area contributed by atoms with Gasteiger partial charge < -0.3 is 19.8 Å². The first-order chi connectivity index (χ1) is 15.5. The fourth-order valence-corrected chi connectivity index (χ4v) is 3.03. The number of fused-ring (bicyclic) bond motifs is 1. The molecule has 0 unspecified atom stereocenters. The molecule has 2 amide bonds. The topological polar surface area (TPSA) is 115 Å². The highest BCUT2D eigenvalue weighted by Gasteiger charge is 2.07. The van der Waals surface area contributed by atoms with Crippen molar-refractivity contribution in [1.29, 1.82) is 0 Å². The Kier molecular flexibility index (Phi) is 6.26. The molecule has 4 aromatic rings. The molecule has 162 valence electrons. The van der Waals surface area contributed by atoms with Crippen molar-refractivity contribution in [1.82, 2.24) is 15.1 Å². The first-order valence-corrected chi connectivity index (χ1v) is 9.85. The Bertz CT molecular complexity index is 1300. The summed E-state index contributed by atoms with van der Waals surface area (Å²) in [5.41, 5.74) is 1.39. The van der Waals surface area contributed by atoms with Crippen molar-refractivity contribution in [2.75, 3.05) is 11.9 Å². The highest BCUT2D eigenvalue weighted by Crippen LogP contribution is 2.19. The third-order valence-electron chi connectivity index (χ3n) is 4.53. The van der Waals surface area contributed by atoms with Gasteiger partial charge in [-0.25, -0.2) is 4.79 Å². The molecule has 0 radical (unpaired) electrons. The summed E-state index contributed by atoms with van der Waals surface area (Å²) in [5, 5.41) is 10.3. The highest BCUT2D eigenvalue weighted by atomic mass is 16.5. The van der Waals surface area contributed by atoms with Gasteiger partial charge in [-0.2, -0.15) is 5.10 Å². The summed E-state index contributed by atoms with van der Waals surface area (Å²) in [6.07, 6.45) is 3.32. The molecule has 0 spiro atoms. The Morgan fingerprint density at radius 2 is 1.91 bits per heavy atom. The number of nitrogens with one attached hydrogen (secondary N) is 2. The number of amides is 2. The lowest BCUT2D eigenvalue weighted by Crippen LogP contribution is -2.28. The van der Waals surface area contributed by atoms with E-state index in [-0.39, 0.29) is 31.5 Å². The van der Waals surface area contributed by atoms with Gasteiger partial charge in [-0.1, -0.05) is 12.1 Å². The van der Waals surface area contributed by atoms with Gasteiger partial charge in [0.2, 0.25) is 5.91 Å². The van der Waals surface area contributed by atoms with Crippen LogP contribution in [0.3, 0.4) is 0 Å². The summed E-state index contributed by atoms with van der Waals surface area (Å²) in [5.74, 6) is -0.0915. The van der Waals surface area contributed by atoms with E-state index in [2.05, 4.69) is 15.7 Å². The van der Waals surface area contributed by atoms with Gasteiger partial charge in [0, 0.05) is 42.1 Å². The van der Waals surface area contributed by atoms with E-state index in [1.54, 1.807) is 60.9 Å². The lowest BCUT2D eigenvalue weighted by Gasteiger charge is -2.10. The van der Waals surface area contributed by atoms with Gasteiger partial charge in [-0.05, 0) is 42.0 Å². The molecular weight excluding hydrogens is 412 g/mol. The molecule has 9 nitrogen and oxygen atoms in total. The molecule has 2 heterocycles. The number of benzene rings is 2. The monoisotopic (exact) mass is 432 g/mol. The van der Waals surface area contributed by atoms with Gasteiger partial charge in [0.15, 0.2) is 6.61 Å². The fraction of sp³-hybridized carbons (Fsp3) is 0.130. The third kappa shape index (κ3) is 5.60. The Hall–Kier alpha value is -4.40. The molecule has 0 saturated heterocycles. The predicted molar refractivity (Wildman–Crippen MR) is 117 cm³/mol. The molecule has 0 atom stereocenters. The maximum atomic E-state index is 12.2. The van der Waals surface area contributed by atoms with Gasteiger partial charge >= 0.3 is 5.63 Å². The fourth-order valence-electron chi connectivity index (χ4n) is 3.03. The second-order valence-electron chi connectivity index (χ2n) is 6.97. The Balaban J connectivity index is 1.27. The van der Waals surface area contributed by atoms with E-state index in [1.165, 1.54) is 10.7 Å². The van der Waals surface area contributed by atoms with Gasteiger partial charge in [-0.3, -0.25) is 14.3 Å². The number of hydrogen-bond acceptors (Lipinski definition) is 6. The van der Waals surface area contributed by atoms with Crippen molar-refractivity contribution in [2.45, 2.75) is 13.1 Å². The van der Waals surface area contributed by atoms with Crippen LogP contribution in [-0.4, -0.2) is 28.2 Å².